The molecule has 0 saturated carbocycles. The third kappa shape index (κ3) is 4.05. The first kappa shape index (κ1) is 13.5. The molecule has 1 aromatic rings. The summed E-state index contributed by atoms with van der Waals surface area (Å²) in [4.78, 5) is 15.1. The van der Waals surface area contributed by atoms with E-state index in [4.69, 9.17) is 0 Å². The van der Waals surface area contributed by atoms with Crippen LogP contribution in [0.1, 0.15) is 36.8 Å². The fourth-order valence-corrected chi connectivity index (χ4v) is 1.10. The van der Waals surface area contributed by atoms with E-state index >= 15 is 0 Å². The van der Waals surface area contributed by atoms with Crippen molar-refractivity contribution in [2.24, 2.45) is 0 Å². The van der Waals surface area contributed by atoms with Gasteiger partial charge in [0.05, 0.1) is 5.56 Å². The van der Waals surface area contributed by atoms with Gasteiger partial charge in [-0.2, -0.15) is 13.2 Å². The SMILES string of the molecule is CC(C)(C)NC(=O)c1ccc(C(F)(F)F)cn1. The van der Waals surface area contributed by atoms with Gasteiger partial charge >= 0.3 is 6.18 Å². The molecule has 1 heterocycles. The molecule has 0 aliphatic heterocycles. The van der Waals surface area contributed by atoms with Crippen molar-refractivity contribution >= 4 is 5.91 Å². The maximum absolute atomic E-state index is 12.3. The number of rotatable bonds is 1. The van der Waals surface area contributed by atoms with Gasteiger partial charge in [0, 0.05) is 11.7 Å². The van der Waals surface area contributed by atoms with Crippen LogP contribution in [0.4, 0.5) is 13.2 Å². The number of carbonyl (C=O) groups is 1. The Labute approximate surface area is 97.0 Å². The largest absolute Gasteiger partial charge is 0.417 e. The molecular formula is C11H13F3N2O. The minimum atomic E-state index is -4.44. The van der Waals surface area contributed by atoms with Crippen molar-refractivity contribution < 1.29 is 18.0 Å². The summed E-state index contributed by atoms with van der Waals surface area (Å²) < 4.78 is 36.8. The topological polar surface area (TPSA) is 42.0 Å². The Morgan fingerprint density at radius 3 is 2.18 bits per heavy atom. The quantitative estimate of drug-likeness (QED) is 0.827. The van der Waals surface area contributed by atoms with Gasteiger partial charge in [-0.25, -0.2) is 0 Å². The molecule has 0 fully saturated rings. The first-order valence-electron chi connectivity index (χ1n) is 4.95. The highest BCUT2D eigenvalue weighted by atomic mass is 19.4. The van der Waals surface area contributed by atoms with Gasteiger partial charge in [-0.05, 0) is 32.9 Å². The Morgan fingerprint density at radius 1 is 1.24 bits per heavy atom. The number of alkyl halides is 3. The average molecular weight is 246 g/mol. The lowest BCUT2D eigenvalue weighted by Crippen LogP contribution is -2.40. The average Bonchev–Trinajstić information content (AvgIpc) is 2.14. The predicted molar refractivity (Wildman–Crippen MR) is 56.5 cm³/mol. The van der Waals surface area contributed by atoms with Crippen molar-refractivity contribution in [1.29, 1.82) is 0 Å². The second kappa shape index (κ2) is 4.35. The lowest BCUT2D eigenvalue weighted by molar-refractivity contribution is -0.137. The van der Waals surface area contributed by atoms with Gasteiger partial charge < -0.3 is 5.32 Å². The molecule has 6 heteroatoms. The van der Waals surface area contributed by atoms with Crippen LogP contribution < -0.4 is 5.32 Å². The molecule has 3 nitrogen and oxygen atoms in total. The highest BCUT2D eigenvalue weighted by molar-refractivity contribution is 5.92. The monoisotopic (exact) mass is 246 g/mol. The normalized spacial score (nSPS) is 12.4. The minimum absolute atomic E-state index is 0.0343. The fourth-order valence-electron chi connectivity index (χ4n) is 1.10. The fraction of sp³-hybridized carbons (Fsp3) is 0.455. The Hall–Kier alpha value is -1.59. The number of aromatic nitrogens is 1. The summed E-state index contributed by atoms with van der Waals surface area (Å²) in [7, 11) is 0. The van der Waals surface area contributed by atoms with E-state index in [9.17, 15) is 18.0 Å². The van der Waals surface area contributed by atoms with Gasteiger partial charge in [0.2, 0.25) is 0 Å². The summed E-state index contributed by atoms with van der Waals surface area (Å²) in [5, 5.41) is 2.61. The van der Waals surface area contributed by atoms with Crippen LogP contribution in [0.5, 0.6) is 0 Å². The summed E-state index contributed by atoms with van der Waals surface area (Å²) in [6.45, 7) is 5.32. The van der Waals surface area contributed by atoms with Crippen LogP contribution in [0.3, 0.4) is 0 Å². The van der Waals surface area contributed by atoms with Gasteiger partial charge in [-0.15, -0.1) is 0 Å². The zero-order valence-corrected chi connectivity index (χ0v) is 9.72. The summed E-state index contributed by atoms with van der Waals surface area (Å²) >= 11 is 0. The third-order valence-corrected chi connectivity index (χ3v) is 1.81. The summed E-state index contributed by atoms with van der Waals surface area (Å²) in [5.41, 5.74) is -1.36. The van der Waals surface area contributed by atoms with Crippen LogP contribution in [0.25, 0.3) is 0 Å². The molecule has 0 spiro atoms. The molecule has 94 valence electrons. The van der Waals surface area contributed by atoms with E-state index in [1.165, 1.54) is 0 Å². The smallest absolute Gasteiger partial charge is 0.346 e. The molecule has 0 aliphatic carbocycles. The number of amides is 1. The maximum atomic E-state index is 12.3. The second-order valence-corrected chi connectivity index (χ2v) is 4.63. The number of carbonyl (C=O) groups excluding carboxylic acids is 1. The molecule has 1 aromatic heterocycles. The second-order valence-electron chi connectivity index (χ2n) is 4.63. The summed E-state index contributed by atoms with van der Waals surface area (Å²) in [5.74, 6) is -0.494. The van der Waals surface area contributed by atoms with E-state index in [2.05, 4.69) is 10.3 Å². The maximum Gasteiger partial charge on any atom is 0.417 e. The van der Waals surface area contributed by atoms with Crippen LogP contribution in [0.15, 0.2) is 18.3 Å². The molecule has 17 heavy (non-hydrogen) atoms. The highest BCUT2D eigenvalue weighted by Gasteiger charge is 2.31. The van der Waals surface area contributed by atoms with Gasteiger partial charge in [0.1, 0.15) is 5.69 Å². The lowest BCUT2D eigenvalue weighted by atomic mass is 10.1. The Kier molecular flexibility index (Phi) is 3.45. The van der Waals surface area contributed by atoms with Crippen molar-refractivity contribution in [3.05, 3.63) is 29.6 Å². The molecule has 0 unspecified atom stereocenters. The Balaban J connectivity index is 2.85. The van der Waals surface area contributed by atoms with Crippen molar-refractivity contribution in [3.63, 3.8) is 0 Å². The van der Waals surface area contributed by atoms with Crippen LogP contribution in [0.2, 0.25) is 0 Å². The number of nitrogens with zero attached hydrogens (tertiary/aromatic N) is 1. The van der Waals surface area contributed by atoms with Crippen LogP contribution in [-0.2, 0) is 6.18 Å². The van der Waals surface area contributed by atoms with Gasteiger partial charge in [-0.3, -0.25) is 9.78 Å². The molecule has 0 bridgehead atoms. The molecule has 0 radical (unpaired) electrons. The van der Waals surface area contributed by atoms with E-state index in [0.29, 0.717) is 6.20 Å². The predicted octanol–water partition coefficient (Wildman–Crippen LogP) is 2.63. The Bertz CT molecular complexity index is 404. The van der Waals surface area contributed by atoms with Crippen LogP contribution in [-0.4, -0.2) is 16.4 Å². The lowest BCUT2D eigenvalue weighted by Gasteiger charge is -2.20. The van der Waals surface area contributed by atoms with E-state index < -0.39 is 23.2 Å². The van der Waals surface area contributed by atoms with Crippen molar-refractivity contribution in [2.75, 3.05) is 0 Å². The first-order valence-corrected chi connectivity index (χ1v) is 4.95. The van der Waals surface area contributed by atoms with Gasteiger partial charge in [0.15, 0.2) is 0 Å². The van der Waals surface area contributed by atoms with E-state index in [1.807, 2.05) is 0 Å². The third-order valence-electron chi connectivity index (χ3n) is 1.81. The standard InChI is InChI=1S/C11H13F3N2O/c1-10(2,3)16-9(17)8-5-4-7(6-15-8)11(12,13)14/h4-6H,1-3H3,(H,16,17). The minimum Gasteiger partial charge on any atom is -0.346 e. The summed E-state index contributed by atoms with van der Waals surface area (Å²) in [6, 6.07) is 1.90. The zero-order valence-electron chi connectivity index (χ0n) is 9.72. The first-order chi connectivity index (χ1) is 7.59. The van der Waals surface area contributed by atoms with Crippen LogP contribution >= 0.6 is 0 Å². The van der Waals surface area contributed by atoms with E-state index in [1.54, 1.807) is 20.8 Å². The molecule has 0 saturated heterocycles. The molecule has 1 rings (SSSR count). The molecular weight excluding hydrogens is 233 g/mol. The molecule has 1 amide bonds. The highest BCUT2D eigenvalue weighted by Crippen LogP contribution is 2.28. The molecule has 0 atom stereocenters. The number of halogens is 3. The number of hydrogen-bond donors (Lipinski definition) is 1. The Morgan fingerprint density at radius 2 is 1.82 bits per heavy atom. The van der Waals surface area contributed by atoms with Crippen molar-refractivity contribution in [3.8, 4) is 0 Å². The molecule has 0 aromatic carbocycles. The van der Waals surface area contributed by atoms with Gasteiger partial charge in [-0.1, -0.05) is 0 Å². The number of nitrogens with one attached hydrogen (secondary N) is 1. The van der Waals surface area contributed by atoms with Crippen LogP contribution in [0, 0.1) is 0 Å². The molecule has 1 N–H and O–H groups in total. The zero-order chi connectivity index (χ0) is 13.3. The van der Waals surface area contributed by atoms with E-state index in [0.717, 1.165) is 12.1 Å². The number of pyridine rings is 1. The summed E-state index contributed by atoms with van der Waals surface area (Å²) in [6.07, 6.45) is -3.79. The van der Waals surface area contributed by atoms with Gasteiger partial charge in [0.25, 0.3) is 5.91 Å². The number of hydrogen-bond acceptors (Lipinski definition) is 2. The van der Waals surface area contributed by atoms with Crippen molar-refractivity contribution in [1.82, 2.24) is 10.3 Å². The van der Waals surface area contributed by atoms with E-state index in [-0.39, 0.29) is 5.69 Å². The van der Waals surface area contributed by atoms with Crippen molar-refractivity contribution in [2.45, 2.75) is 32.5 Å². The molecule has 0 aliphatic rings.